The highest BCUT2D eigenvalue weighted by molar-refractivity contribution is 8.00. The topological polar surface area (TPSA) is 37.3 Å². The Hall–Kier alpha value is -0.960. The van der Waals surface area contributed by atoms with E-state index in [0.717, 1.165) is 4.90 Å². The smallest absolute Gasteiger partial charge is 0.316 e. The van der Waals surface area contributed by atoms with Gasteiger partial charge in [-0.05, 0) is 44.0 Å². The van der Waals surface area contributed by atoms with Crippen LogP contribution in [0.3, 0.4) is 0 Å². The molecule has 0 aromatic heterocycles. The third-order valence-electron chi connectivity index (χ3n) is 1.86. The Morgan fingerprint density at radius 2 is 1.79 bits per heavy atom. The van der Waals surface area contributed by atoms with Gasteiger partial charge in [0.2, 0.25) is 0 Å². The van der Waals surface area contributed by atoms with Crippen molar-refractivity contribution in [1.29, 1.82) is 0 Å². The van der Waals surface area contributed by atoms with Gasteiger partial charge in [-0.2, -0.15) is 0 Å². The Bertz CT molecular complexity index is 327. The van der Waals surface area contributed by atoms with E-state index in [1.54, 1.807) is 6.92 Å². The van der Waals surface area contributed by atoms with E-state index in [1.807, 2.05) is 26.0 Å². The van der Waals surface area contributed by atoms with Crippen molar-refractivity contribution in [3.63, 3.8) is 0 Å². The molecule has 0 aliphatic rings. The molecule has 1 rings (SSSR count). The zero-order chi connectivity index (χ0) is 10.7. The number of carboxylic acid groups (broad SMARTS) is 1. The number of benzene rings is 1. The standard InChI is InChI=1S/C11H14O2S/c1-7-4-8(2)6-10(5-7)14-9(3)11(12)13/h4-6,9H,1-3H3,(H,12,13). The fourth-order valence-corrected chi connectivity index (χ4v) is 2.27. The molecule has 14 heavy (non-hydrogen) atoms. The predicted octanol–water partition coefficient (Wildman–Crippen LogP) is 2.87. The molecule has 0 radical (unpaired) electrons. The molecule has 1 atom stereocenters. The first-order chi connectivity index (χ1) is 6.49. The number of hydrogen-bond donors (Lipinski definition) is 1. The first-order valence-electron chi connectivity index (χ1n) is 4.47. The Balaban J connectivity index is 2.81. The van der Waals surface area contributed by atoms with Gasteiger partial charge in [0.1, 0.15) is 5.25 Å². The largest absolute Gasteiger partial charge is 0.480 e. The number of aryl methyl sites for hydroxylation is 2. The molecule has 0 spiro atoms. The van der Waals surface area contributed by atoms with E-state index < -0.39 is 11.2 Å². The molecule has 0 saturated heterocycles. The van der Waals surface area contributed by atoms with Crippen molar-refractivity contribution in [2.24, 2.45) is 0 Å². The molecule has 0 amide bonds. The van der Waals surface area contributed by atoms with Gasteiger partial charge in [-0.25, -0.2) is 0 Å². The zero-order valence-corrected chi connectivity index (χ0v) is 9.39. The van der Waals surface area contributed by atoms with E-state index in [4.69, 9.17) is 5.11 Å². The van der Waals surface area contributed by atoms with Gasteiger partial charge in [0.25, 0.3) is 0 Å². The number of rotatable bonds is 3. The van der Waals surface area contributed by atoms with Crippen LogP contribution in [0, 0.1) is 13.8 Å². The molecule has 1 aromatic rings. The van der Waals surface area contributed by atoms with Gasteiger partial charge < -0.3 is 5.11 Å². The first kappa shape index (κ1) is 11.1. The number of thioether (sulfide) groups is 1. The van der Waals surface area contributed by atoms with Gasteiger partial charge >= 0.3 is 5.97 Å². The summed E-state index contributed by atoms with van der Waals surface area (Å²) in [6.45, 7) is 5.73. The molecule has 0 bridgehead atoms. The molecule has 0 fully saturated rings. The van der Waals surface area contributed by atoms with Crippen molar-refractivity contribution < 1.29 is 9.90 Å². The highest BCUT2D eigenvalue weighted by Crippen LogP contribution is 2.25. The van der Waals surface area contributed by atoms with Crippen LogP contribution in [0.2, 0.25) is 0 Å². The van der Waals surface area contributed by atoms with E-state index >= 15 is 0 Å². The summed E-state index contributed by atoms with van der Waals surface area (Å²) in [7, 11) is 0. The molecule has 3 heteroatoms. The molecule has 0 aliphatic heterocycles. The maximum Gasteiger partial charge on any atom is 0.316 e. The average Bonchev–Trinajstić information content (AvgIpc) is 2.01. The molecule has 76 valence electrons. The second-order valence-corrected chi connectivity index (χ2v) is 4.84. The van der Waals surface area contributed by atoms with Crippen molar-refractivity contribution in [1.82, 2.24) is 0 Å². The van der Waals surface area contributed by atoms with Crippen molar-refractivity contribution in [3.8, 4) is 0 Å². The van der Waals surface area contributed by atoms with Crippen LogP contribution in [-0.4, -0.2) is 16.3 Å². The molecule has 2 nitrogen and oxygen atoms in total. The van der Waals surface area contributed by atoms with Crippen LogP contribution in [0.25, 0.3) is 0 Å². The second-order valence-electron chi connectivity index (χ2n) is 3.42. The molecular formula is C11H14O2S. The minimum Gasteiger partial charge on any atom is -0.480 e. The number of carbonyl (C=O) groups is 1. The maximum absolute atomic E-state index is 10.7. The van der Waals surface area contributed by atoms with Gasteiger partial charge in [-0.1, -0.05) is 6.07 Å². The highest BCUT2D eigenvalue weighted by atomic mass is 32.2. The van der Waals surface area contributed by atoms with Gasteiger partial charge in [0, 0.05) is 4.90 Å². The molecule has 1 unspecified atom stereocenters. The second kappa shape index (κ2) is 4.51. The minimum atomic E-state index is -0.769. The lowest BCUT2D eigenvalue weighted by Crippen LogP contribution is -2.11. The fourth-order valence-electron chi connectivity index (χ4n) is 1.26. The quantitative estimate of drug-likeness (QED) is 0.779. The van der Waals surface area contributed by atoms with Crippen LogP contribution in [0.4, 0.5) is 0 Å². The van der Waals surface area contributed by atoms with Crippen LogP contribution in [-0.2, 0) is 4.79 Å². The predicted molar refractivity (Wildman–Crippen MR) is 58.9 cm³/mol. The van der Waals surface area contributed by atoms with Crippen molar-refractivity contribution in [2.45, 2.75) is 30.9 Å². The van der Waals surface area contributed by atoms with Crippen LogP contribution >= 0.6 is 11.8 Å². The van der Waals surface area contributed by atoms with Crippen molar-refractivity contribution in [2.75, 3.05) is 0 Å². The molecule has 0 saturated carbocycles. The van der Waals surface area contributed by atoms with E-state index in [9.17, 15) is 4.79 Å². The molecule has 1 aromatic carbocycles. The third kappa shape index (κ3) is 3.07. The van der Waals surface area contributed by atoms with Crippen LogP contribution < -0.4 is 0 Å². The van der Waals surface area contributed by atoms with Gasteiger partial charge in [-0.15, -0.1) is 11.8 Å². The van der Waals surface area contributed by atoms with Gasteiger partial charge in [0.05, 0.1) is 0 Å². The summed E-state index contributed by atoms with van der Waals surface area (Å²) in [4.78, 5) is 11.7. The minimum absolute atomic E-state index is 0.392. The number of carboxylic acids is 1. The summed E-state index contributed by atoms with van der Waals surface area (Å²) in [6, 6.07) is 6.10. The maximum atomic E-state index is 10.7. The Morgan fingerprint density at radius 1 is 1.29 bits per heavy atom. The van der Waals surface area contributed by atoms with Gasteiger partial charge in [0.15, 0.2) is 0 Å². The van der Waals surface area contributed by atoms with E-state index in [0.29, 0.717) is 0 Å². The monoisotopic (exact) mass is 210 g/mol. The lowest BCUT2D eigenvalue weighted by molar-refractivity contribution is -0.136. The number of aliphatic carboxylic acids is 1. The van der Waals surface area contributed by atoms with E-state index in [1.165, 1.54) is 22.9 Å². The van der Waals surface area contributed by atoms with Gasteiger partial charge in [-0.3, -0.25) is 4.79 Å². The molecule has 1 N–H and O–H groups in total. The zero-order valence-electron chi connectivity index (χ0n) is 8.57. The lowest BCUT2D eigenvalue weighted by Gasteiger charge is -2.07. The first-order valence-corrected chi connectivity index (χ1v) is 5.35. The third-order valence-corrected chi connectivity index (χ3v) is 2.92. The summed E-state index contributed by atoms with van der Waals surface area (Å²) in [5, 5.41) is 8.37. The Kier molecular flexibility index (Phi) is 3.58. The van der Waals surface area contributed by atoms with Crippen LogP contribution in [0.15, 0.2) is 23.1 Å². The van der Waals surface area contributed by atoms with E-state index in [2.05, 4.69) is 6.07 Å². The van der Waals surface area contributed by atoms with Crippen molar-refractivity contribution in [3.05, 3.63) is 29.3 Å². The van der Waals surface area contributed by atoms with Crippen LogP contribution in [0.5, 0.6) is 0 Å². The summed E-state index contributed by atoms with van der Waals surface area (Å²) >= 11 is 1.38. The Labute approximate surface area is 88.3 Å². The van der Waals surface area contributed by atoms with Crippen molar-refractivity contribution >= 4 is 17.7 Å². The summed E-state index contributed by atoms with van der Waals surface area (Å²) in [5.74, 6) is -0.769. The average molecular weight is 210 g/mol. The normalized spacial score (nSPS) is 12.5. The van der Waals surface area contributed by atoms with Crippen LogP contribution in [0.1, 0.15) is 18.1 Å². The lowest BCUT2D eigenvalue weighted by atomic mass is 10.2. The molecular weight excluding hydrogens is 196 g/mol. The fraction of sp³-hybridized carbons (Fsp3) is 0.364. The molecule has 0 aliphatic carbocycles. The van der Waals surface area contributed by atoms with E-state index in [-0.39, 0.29) is 0 Å². The number of hydrogen-bond acceptors (Lipinski definition) is 2. The highest BCUT2D eigenvalue weighted by Gasteiger charge is 2.12. The summed E-state index contributed by atoms with van der Waals surface area (Å²) < 4.78 is 0. The summed E-state index contributed by atoms with van der Waals surface area (Å²) in [6.07, 6.45) is 0. The Morgan fingerprint density at radius 3 is 2.21 bits per heavy atom. The molecule has 0 heterocycles. The summed E-state index contributed by atoms with van der Waals surface area (Å²) in [5.41, 5.74) is 2.34. The SMILES string of the molecule is Cc1cc(C)cc(SC(C)C(=O)O)c1.